The number of carbonyl (C=O) groups is 3. The van der Waals surface area contributed by atoms with Gasteiger partial charge in [0, 0.05) is 38.3 Å². The Bertz CT molecular complexity index is 1240. The van der Waals surface area contributed by atoms with Gasteiger partial charge in [0.05, 0.1) is 35.7 Å². The fourth-order valence-corrected chi connectivity index (χ4v) is 7.64. The Morgan fingerprint density at radius 3 is 2.56 bits per heavy atom. The van der Waals surface area contributed by atoms with E-state index in [1.807, 2.05) is 39.8 Å². The number of hydrogen-bond donors (Lipinski definition) is 0. The molecule has 1 saturated carbocycles. The van der Waals surface area contributed by atoms with E-state index in [0.29, 0.717) is 25.9 Å². The highest BCUT2D eigenvalue weighted by atomic mass is 16.7. The molecule has 3 saturated heterocycles. The molecule has 4 bridgehead atoms. The van der Waals surface area contributed by atoms with Crippen LogP contribution in [0.5, 0.6) is 0 Å². The summed E-state index contributed by atoms with van der Waals surface area (Å²) in [4.78, 5) is 38.4. The summed E-state index contributed by atoms with van der Waals surface area (Å²) in [6, 6.07) is 0. The smallest absolute Gasteiger partial charge is 0.331 e. The molecule has 6 aliphatic rings. The van der Waals surface area contributed by atoms with Crippen molar-refractivity contribution in [3.05, 3.63) is 47.6 Å². The number of rotatable bonds is 1. The number of hydrogen-bond acceptors (Lipinski definition) is 10. The molecular weight excluding hydrogens is 532 g/mol. The molecule has 10 heteroatoms. The minimum atomic E-state index is -0.909. The number of ether oxygens (including phenoxy) is 7. The Kier molecular flexibility index (Phi) is 7.04. The second-order valence-corrected chi connectivity index (χ2v) is 12.4. The number of cyclic esters (lactones) is 1. The largest absolute Gasteiger partial charge is 0.462 e. The van der Waals surface area contributed by atoms with Crippen LogP contribution in [-0.2, 0) is 47.5 Å². The SMILES string of the molecule is CC(=O)O[C@H]1C[C@@]23COC(=O)/C=C(\C)CC4OC(C)C(/C=C/C=C\C(=O)O[C@@H]5C[C@@H](O[C@@H]2C=C1C)[C@@]1(CO1)[C@]53C)O4. The number of epoxide rings is 1. The molecule has 2 aliphatic carbocycles. The van der Waals surface area contributed by atoms with Crippen LogP contribution in [0.3, 0.4) is 0 Å². The van der Waals surface area contributed by atoms with Crippen molar-refractivity contribution in [2.24, 2.45) is 10.8 Å². The molecule has 0 aromatic carbocycles. The molecule has 10 nitrogen and oxygen atoms in total. The number of carbonyl (C=O) groups excluding carboxylic acids is 3. The van der Waals surface area contributed by atoms with E-state index in [-0.39, 0.29) is 24.9 Å². The van der Waals surface area contributed by atoms with Crippen molar-refractivity contribution in [3.8, 4) is 0 Å². The Morgan fingerprint density at radius 1 is 1.05 bits per heavy atom. The van der Waals surface area contributed by atoms with Gasteiger partial charge >= 0.3 is 17.9 Å². The molecule has 222 valence electrons. The van der Waals surface area contributed by atoms with E-state index in [9.17, 15) is 14.4 Å². The third-order valence-corrected chi connectivity index (χ3v) is 9.96. The first-order chi connectivity index (χ1) is 19.5. The lowest BCUT2D eigenvalue weighted by molar-refractivity contribution is -0.239. The molecule has 0 aromatic heterocycles. The van der Waals surface area contributed by atoms with E-state index in [4.69, 9.17) is 33.2 Å². The lowest BCUT2D eigenvalue weighted by Gasteiger charge is -2.59. The fraction of sp³-hybridized carbons (Fsp3) is 0.645. The number of fused-ring (bicyclic) bond motifs is 2. The molecule has 0 aromatic rings. The van der Waals surface area contributed by atoms with Gasteiger partial charge in [0.25, 0.3) is 0 Å². The van der Waals surface area contributed by atoms with Crippen molar-refractivity contribution in [1.29, 1.82) is 0 Å². The van der Waals surface area contributed by atoms with Gasteiger partial charge in [0.2, 0.25) is 0 Å². The monoisotopic (exact) mass is 570 g/mol. The zero-order valence-electron chi connectivity index (χ0n) is 24.1. The summed E-state index contributed by atoms with van der Waals surface area (Å²) < 4.78 is 42.6. The van der Waals surface area contributed by atoms with Crippen LogP contribution in [0.1, 0.15) is 53.9 Å². The van der Waals surface area contributed by atoms with Gasteiger partial charge in [-0.05, 0) is 26.3 Å². The van der Waals surface area contributed by atoms with E-state index in [2.05, 4.69) is 0 Å². The Balaban J connectivity index is 1.40. The van der Waals surface area contributed by atoms with Gasteiger partial charge in [-0.25, -0.2) is 9.59 Å². The van der Waals surface area contributed by atoms with Gasteiger partial charge in [0.15, 0.2) is 6.29 Å². The van der Waals surface area contributed by atoms with Crippen LogP contribution in [0.15, 0.2) is 47.6 Å². The van der Waals surface area contributed by atoms with Crippen molar-refractivity contribution in [1.82, 2.24) is 0 Å². The molecule has 10 atom stereocenters. The molecule has 0 N–H and O–H groups in total. The van der Waals surface area contributed by atoms with Gasteiger partial charge in [-0.2, -0.15) is 0 Å². The second-order valence-electron chi connectivity index (χ2n) is 12.4. The molecule has 4 aliphatic heterocycles. The minimum Gasteiger partial charge on any atom is -0.462 e. The van der Waals surface area contributed by atoms with Gasteiger partial charge in [0.1, 0.15) is 30.5 Å². The predicted octanol–water partition coefficient (Wildman–Crippen LogP) is 3.25. The minimum absolute atomic E-state index is 0.0433. The maximum absolute atomic E-state index is 13.2. The van der Waals surface area contributed by atoms with Crippen molar-refractivity contribution in [3.63, 3.8) is 0 Å². The maximum Gasteiger partial charge on any atom is 0.331 e. The molecule has 41 heavy (non-hydrogen) atoms. The van der Waals surface area contributed by atoms with Crippen LogP contribution in [0, 0.1) is 10.8 Å². The summed E-state index contributed by atoms with van der Waals surface area (Å²) in [5.41, 5.74) is -0.803. The van der Waals surface area contributed by atoms with Gasteiger partial charge < -0.3 is 33.2 Å². The molecule has 0 amide bonds. The Labute approximate surface area is 239 Å². The van der Waals surface area contributed by atoms with Crippen LogP contribution < -0.4 is 0 Å². The van der Waals surface area contributed by atoms with E-state index in [1.54, 1.807) is 12.2 Å². The summed E-state index contributed by atoms with van der Waals surface area (Å²) in [7, 11) is 0. The lowest BCUT2D eigenvalue weighted by atomic mass is 9.51. The van der Waals surface area contributed by atoms with Gasteiger partial charge in [-0.3, -0.25) is 4.79 Å². The molecule has 0 radical (unpaired) electrons. The average molecular weight is 571 g/mol. The topological polar surface area (TPSA) is 119 Å². The maximum atomic E-state index is 13.2. The van der Waals surface area contributed by atoms with Crippen LogP contribution in [-0.4, -0.2) is 79.6 Å². The van der Waals surface area contributed by atoms with Crippen molar-refractivity contribution in [2.75, 3.05) is 13.2 Å². The zero-order valence-corrected chi connectivity index (χ0v) is 24.1. The highest BCUT2D eigenvalue weighted by Gasteiger charge is 2.83. The highest BCUT2D eigenvalue weighted by molar-refractivity contribution is 5.83. The summed E-state index contributed by atoms with van der Waals surface area (Å²) in [5, 5.41) is 0. The normalized spacial score (nSPS) is 48.4. The molecule has 2 spiro atoms. The third kappa shape index (κ3) is 4.59. The lowest BCUT2D eigenvalue weighted by Crippen LogP contribution is -2.68. The van der Waals surface area contributed by atoms with E-state index in [0.717, 1.165) is 11.1 Å². The molecule has 4 fully saturated rings. The van der Waals surface area contributed by atoms with Gasteiger partial charge in [-0.15, -0.1) is 0 Å². The first kappa shape index (κ1) is 28.3. The second kappa shape index (κ2) is 10.2. The molecule has 3 unspecified atom stereocenters. The van der Waals surface area contributed by atoms with E-state index < -0.39 is 58.9 Å². The van der Waals surface area contributed by atoms with Crippen molar-refractivity contribution < 1.29 is 47.5 Å². The summed E-state index contributed by atoms with van der Waals surface area (Å²) in [5.74, 6) is -1.42. The van der Waals surface area contributed by atoms with Crippen LogP contribution in [0.2, 0.25) is 0 Å². The van der Waals surface area contributed by atoms with Crippen molar-refractivity contribution >= 4 is 17.9 Å². The standard InChI is InChI=1S/C31H38O10/c1-17-10-27(34)35-15-30-14-22(38-20(4)32)18(2)12-24(30)40-25-13-23(29(30,5)31(25)16-36-31)41-26(33)9-7-6-8-21-19(3)37-28(11-17)39-21/h6-10,12,19,21-25,28H,11,13-16H2,1-5H3/b8-6+,9-7-,17-10+/t19?,21?,22-,23+,24+,25+,28?,29+,30+,31-/m0/s1. The van der Waals surface area contributed by atoms with Crippen molar-refractivity contribution in [2.45, 2.75) is 102 Å². The van der Waals surface area contributed by atoms with Gasteiger partial charge in [-0.1, -0.05) is 36.8 Å². The molecule has 4 heterocycles. The fourth-order valence-electron chi connectivity index (χ4n) is 7.64. The first-order valence-electron chi connectivity index (χ1n) is 14.3. The Morgan fingerprint density at radius 2 is 1.83 bits per heavy atom. The third-order valence-electron chi connectivity index (χ3n) is 9.96. The molecule has 6 rings (SSSR count). The number of allylic oxidation sites excluding steroid dienone is 2. The quantitative estimate of drug-likeness (QED) is 0.201. The van der Waals surface area contributed by atoms with E-state index >= 15 is 0 Å². The zero-order chi connectivity index (χ0) is 29.2. The highest BCUT2D eigenvalue weighted by Crippen LogP contribution is 2.72. The van der Waals surface area contributed by atoms with Crippen LogP contribution in [0.4, 0.5) is 0 Å². The van der Waals surface area contributed by atoms with Crippen LogP contribution >= 0.6 is 0 Å². The summed E-state index contributed by atoms with van der Waals surface area (Å²) in [6.07, 6.45) is 8.26. The first-order valence-corrected chi connectivity index (χ1v) is 14.3. The predicted molar refractivity (Wildman–Crippen MR) is 143 cm³/mol. The number of esters is 3. The summed E-state index contributed by atoms with van der Waals surface area (Å²) >= 11 is 0. The Hall–Kier alpha value is -2.79. The van der Waals surface area contributed by atoms with E-state index in [1.165, 1.54) is 19.1 Å². The summed E-state index contributed by atoms with van der Waals surface area (Å²) in [6.45, 7) is 9.45. The molecular formula is C31H38O10. The average Bonchev–Trinajstić information content (AvgIpc) is 3.59. The van der Waals surface area contributed by atoms with Crippen LogP contribution in [0.25, 0.3) is 0 Å².